The Morgan fingerprint density at radius 3 is 2.31 bits per heavy atom. The highest BCUT2D eigenvalue weighted by Crippen LogP contribution is 2.41. The third-order valence-electron chi connectivity index (χ3n) is 1.90. The molecule has 0 aromatic rings. The Hall–Kier alpha value is -0.310. The maximum Gasteiger partial charge on any atom is 0.426 e. The van der Waals surface area contributed by atoms with Crippen molar-refractivity contribution >= 4 is 28.4 Å². The molecule has 7 heteroatoms. The molecule has 0 saturated heterocycles. The maximum absolute atomic E-state index is 12.6. The van der Waals surface area contributed by atoms with Crippen molar-refractivity contribution in [2.45, 2.75) is 23.1 Å². The Bertz CT molecular complexity index is 291. The van der Waals surface area contributed by atoms with Crippen LogP contribution in [0.5, 0.6) is 0 Å². The Morgan fingerprint density at radius 1 is 1.50 bits per heavy atom. The highest BCUT2D eigenvalue weighted by molar-refractivity contribution is 14.1. The van der Waals surface area contributed by atoms with E-state index in [1.807, 2.05) is 0 Å². The summed E-state index contributed by atoms with van der Waals surface area (Å²) in [5.41, 5.74) is 5.95. The average molecular weight is 350 g/mol. The number of halogens is 4. The van der Waals surface area contributed by atoms with E-state index in [1.165, 1.54) is 22.6 Å². The van der Waals surface area contributed by atoms with Crippen molar-refractivity contribution in [2.75, 3.05) is 13.7 Å². The van der Waals surface area contributed by atoms with Crippen molar-refractivity contribution in [2.24, 2.45) is 10.7 Å². The van der Waals surface area contributed by atoms with E-state index in [2.05, 4.69) is 16.3 Å². The van der Waals surface area contributed by atoms with Gasteiger partial charge in [0.05, 0.1) is 0 Å². The topological polar surface area (TPSA) is 47.6 Å². The van der Waals surface area contributed by atoms with E-state index in [9.17, 15) is 13.2 Å². The zero-order chi connectivity index (χ0) is 13.0. The lowest BCUT2D eigenvalue weighted by Gasteiger charge is -2.27. The van der Waals surface area contributed by atoms with Crippen LogP contribution in [0.2, 0.25) is 0 Å². The molecule has 0 bridgehead atoms. The molecule has 0 heterocycles. The van der Waals surface area contributed by atoms with Gasteiger partial charge < -0.3 is 10.5 Å². The van der Waals surface area contributed by atoms with Crippen LogP contribution in [-0.4, -0.2) is 29.3 Å². The van der Waals surface area contributed by atoms with Crippen LogP contribution in [0.3, 0.4) is 0 Å². The highest BCUT2D eigenvalue weighted by atomic mass is 127. The van der Waals surface area contributed by atoms with E-state index in [1.54, 1.807) is 6.92 Å². The molecule has 0 aromatic carbocycles. The third kappa shape index (κ3) is 4.28. The molecule has 94 valence electrons. The summed E-state index contributed by atoms with van der Waals surface area (Å²) >= 11 is 1.23. The van der Waals surface area contributed by atoms with Gasteiger partial charge in [0.2, 0.25) is 3.61 Å². The van der Waals surface area contributed by atoms with Crippen LogP contribution >= 0.6 is 22.6 Å². The van der Waals surface area contributed by atoms with Crippen molar-refractivity contribution in [1.82, 2.24) is 0 Å². The lowest BCUT2D eigenvalue weighted by Crippen LogP contribution is -2.41. The van der Waals surface area contributed by atoms with Crippen molar-refractivity contribution in [1.29, 1.82) is 0 Å². The van der Waals surface area contributed by atoms with Crippen molar-refractivity contribution < 1.29 is 17.9 Å². The normalized spacial score (nSPS) is 17.0. The largest absolute Gasteiger partial charge is 0.426 e. The molecule has 0 aliphatic heterocycles. The second-order valence-electron chi connectivity index (χ2n) is 3.23. The minimum atomic E-state index is -4.43. The lowest BCUT2D eigenvalue weighted by atomic mass is 10.2. The van der Waals surface area contributed by atoms with Crippen molar-refractivity contribution in [3.63, 3.8) is 0 Å². The van der Waals surface area contributed by atoms with E-state index in [0.717, 1.165) is 7.11 Å². The standard InChI is InChI=1S/C9H14F3IN2O/c1-6(2)7(14)15-5-4-8(13,16-3)9(10,11)12/h1,4-5H2,2-3H3,(H2,14,15). The maximum atomic E-state index is 12.6. The fourth-order valence-corrected chi connectivity index (χ4v) is 1.06. The molecule has 0 aliphatic rings. The molecule has 0 aliphatic carbocycles. The Balaban J connectivity index is 4.49. The van der Waals surface area contributed by atoms with Crippen LogP contribution < -0.4 is 5.73 Å². The van der Waals surface area contributed by atoms with E-state index in [-0.39, 0.29) is 18.8 Å². The zero-order valence-corrected chi connectivity index (χ0v) is 11.2. The molecule has 16 heavy (non-hydrogen) atoms. The van der Waals surface area contributed by atoms with Gasteiger partial charge in [0.1, 0.15) is 5.84 Å². The smallest absolute Gasteiger partial charge is 0.384 e. The Labute approximate surface area is 106 Å². The molecule has 1 unspecified atom stereocenters. The summed E-state index contributed by atoms with van der Waals surface area (Å²) in [4.78, 5) is 3.78. The van der Waals surface area contributed by atoms with E-state index in [0.29, 0.717) is 5.57 Å². The van der Waals surface area contributed by atoms with Crippen molar-refractivity contribution in [3.8, 4) is 0 Å². The summed E-state index contributed by atoms with van der Waals surface area (Å²) in [7, 11) is 1.02. The minimum absolute atomic E-state index is 0.0605. The van der Waals surface area contributed by atoms with E-state index in [4.69, 9.17) is 5.73 Å². The summed E-state index contributed by atoms with van der Waals surface area (Å²) < 4.78 is 39.9. The summed E-state index contributed by atoms with van der Waals surface area (Å²) in [5, 5.41) is 0. The van der Waals surface area contributed by atoms with Gasteiger partial charge in [-0.05, 0) is 35.1 Å². The molecule has 1 atom stereocenters. The molecule has 0 aromatic heterocycles. The Morgan fingerprint density at radius 2 is 2.00 bits per heavy atom. The number of hydrogen-bond donors (Lipinski definition) is 1. The van der Waals surface area contributed by atoms with E-state index < -0.39 is 9.78 Å². The quantitative estimate of drug-likeness (QED) is 0.359. The molecule has 2 N–H and O–H groups in total. The first kappa shape index (κ1) is 15.7. The van der Waals surface area contributed by atoms with Crippen LogP contribution in [0, 0.1) is 0 Å². The minimum Gasteiger partial charge on any atom is -0.384 e. The molecule has 0 fully saturated rings. The number of methoxy groups -OCH3 is 1. The number of ether oxygens (including phenoxy) is 1. The van der Waals surface area contributed by atoms with Gasteiger partial charge in [-0.2, -0.15) is 13.2 Å². The van der Waals surface area contributed by atoms with Crippen LogP contribution in [-0.2, 0) is 4.74 Å². The predicted molar refractivity (Wildman–Crippen MR) is 65.7 cm³/mol. The van der Waals surface area contributed by atoms with Crippen LogP contribution in [0.4, 0.5) is 13.2 Å². The third-order valence-corrected chi connectivity index (χ3v) is 3.49. The summed E-state index contributed by atoms with van der Waals surface area (Å²) in [6.07, 6.45) is -4.72. The van der Waals surface area contributed by atoms with Gasteiger partial charge in [-0.15, -0.1) is 0 Å². The molecule has 0 spiro atoms. The second kappa shape index (κ2) is 5.85. The summed E-state index contributed by atoms with van der Waals surface area (Å²) in [5.74, 6) is 0.164. The number of nitrogens with zero attached hydrogens (tertiary/aromatic N) is 1. The lowest BCUT2D eigenvalue weighted by molar-refractivity contribution is -0.222. The number of alkyl halides is 4. The first-order valence-corrected chi connectivity index (χ1v) is 5.48. The Kier molecular flexibility index (Phi) is 5.74. The van der Waals surface area contributed by atoms with Gasteiger partial charge in [0.25, 0.3) is 0 Å². The molecule has 0 radical (unpaired) electrons. The zero-order valence-electron chi connectivity index (χ0n) is 9.07. The van der Waals surface area contributed by atoms with Crippen LogP contribution in [0.15, 0.2) is 17.1 Å². The second-order valence-corrected chi connectivity index (χ2v) is 4.97. The fraction of sp³-hybridized carbons (Fsp3) is 0.667. The first-order chi connectivity index (χ1) is 7.14. The number of nitrogens with two attached hydrogens (primary N) is 1. The number of aliphatic imine (C=N–C) groups is 1. The fourth-order valence-electron chi connectivity index (χ4n) is 0.815. The first-order valence-electron chi connectivity index (χ1n) is 4.40. The summed E-state index contributed by atoms with van der Waals surface area (Å²) in [6, 6.07) is 0. The molecular weight excluding hydrogens is 336 g/mol. The van der Waals surface area contributed by atoms with Gasteiger partial charge >= 0.3 is 6.18 Å². The molecule has 0 rings (SSSR count). The summed E-state index contributed by atoms with van der Waals surface area (Å²) in [6.45, 7) is 5.10. The molecular formula is C9H14F3IN2O. The van der Waals surface area contributed by atoms with Crippen LogP contribution in [0.1, 0.15) is 13.3 Å². The highest BCUT2D eigenvalue weighted by Gasteiger charge is 2.53. The SMILES string of the molecule is C=C(C)C(N)=NCCC(I)(OC)C(F)(F)F. The van der Waals surface area contributed by atoms with Gasteiger partial charge in [-0.25, -0.2) is 0 Å². The molecule has 3 nitrogen and oxygen atoms in total. The van der Waals surface area contributed by atoms with Gasteiger partial charge in [0, 0.05) is 20.1 Å². The van der Waals surface area contributed by atoms with Gasteiger partial charge in [0.15, 0.2) is 0 Å². The van der Waals surface area contributed by atoms with Crippen molar-refractivity contribution in [3.05, 3.63) is 12.2 Å². The number of amidine groups is 1. The molecule has 0 saturated carbocycles. The number of hydrogen-bond acceptors (Lipinski definition) is 2. The van der Waals surface area contributed by atoms with E-state index >= 15 is 0 Å². The predicted octanol–water partition coefficient (Wildman–Crippen LogP) is 2.65. The monoisotopic (exact) mass is 350 g/mol. The average Bonchev–Trinajstić information content (AvgIpc) is 2.15. The van der Waals surface area contributed by atoms with Gasteiger partial charge in [-0.1, -0.05) is 6.58 Å². The number of rotatable bonds is 5. The van der Waals surface area contributed by atoms with Crippen LogP contribution in [0.25, 0.3) is 0 Å². The van der Waals surface area contributed by atoms with Gasteiger partial charge in [-0.3, -0.25) is 4.99 Å². The molecule has 0 amide bonds.